The first-order valence-electron chi connectivity index (χ1n) is 8.74. The lowest BCUT2D eigenvalue weighted by Crippen LogP contribution is -2.50. The Labute approximate surface area is 156 Å². The first-order chi connectivity index (χ1) is 13.0. The van der Waals surface area contributed by atoms with Crippen molar-refractivity contribution in [3.8, 4) is 5.75 Å². The van der Waals surface area contributed by atoms with Crippen molar-refractivity contribution in [3.05, 3.63) is 65.7 Å². The number of rotatable bonds is 5. The number of nitrogens with zero attached hydrogens (tertiary/aromatic N) is 2. The summed E-state index contributed by atoms with van der Waals surface area (Å²) in [5.74, 6) is -1.15. The molecular weight excluding hydrogens is 354 g/mol. The summed E-state index contributed by atoms with van der Waals surface area (Å²) < 4.78 is 32.0. The lowest BCUT2D eigenvalue weighted by molar-refractivity contribution is -0.133. The average molecular weight is 374 g/mol. The Bertz CT molecular complexity index is 820. The second kappa shape index (κ2) is 8.62. The second-order valence-corrected chi connectivity index (χ2v) is 6.21. The third kappa shape index (κ3) is 4.81. The van der Waals surface area contributed by atoms with E-state index in [1.807, 2.05) is 0 Å². The summed E-state index contributed by atoms with van der Waals surface area (Å²) in [4.78, 5) is 27.9. The van der Waals surface area contributed by atoms with Gasteiger partial charge >= 0.3 is 0 Å². The van der Waals surface area contributed by atoms with Gasteiger partial charge in [-0.3, -0.25) is 9.59 Å². The Balaban J connectivity index is 1.45. The van der Waals surface area contributed by atoms with Gasteiger partial charge in [0.25, 0.3) is 5.91 Å². The number of carbonyl (C=O) groups excluding carboxylic acids is 2. The summed E-state index contributed by atoms with van der Waals surface area (Å²) in [6.45, 7) is 1.66. The normalized spacial score (nSPS) is 14.1. The number of hydrogen-bond donors (Lipinski definition) is 0. The van der Waals surface area contributed by atoms with E-state index in [1.165, 1.54) is 30.3 Å². The quantitative estimate of drug-likeness (QED) is 0.809. The molecule has 0 N–H and O–H groups in total. The average Bonchev–Trinajstić information content (AvgIpc) is 2.69. The van der Waals surface area contributed by atoms with Crippen molar-refractivity contribution in [2.45, 2.75) is 6.42 Å². The number of piperazine rings is 1. The molecule has 2 aromatic rings. The highest BCUT2D eigenvalue weighted by Crippen LogP contribution is 2.16. The van der Waals surface area contributed by atoms with Crippen LogP contribution in [0.4, 0.5) is 8.78 Å². The predicted octanol–water partition coefficient (Wildman–Crippen LogP) is 2.72. The number of para-hydroxylation sites is 1. The van der Waals surface area contributed by atoms with Crippen molar-refractivity contribution in [2.24, 2.45) is 0 Å². The predicted molar refractivity (Wildman–Crippen MR) is 95.4 cm³/mol. The van der Waals surface area contributed by atoms with Crippen LogP contribution in [0.2, 0.25) is 0 Å². The summed E-state index contributed by atoms with van der Waals surface area (Å²) in [6.07, 6.45) is 0.131. The van der Waals surface area contributed by atoms with Crippen LogP contribution in [0.15, 0.2) is 48.5 Å². The minimum atomic E-state index is -0.463. The van der Waals surface area contributed by atoms with Crippen LogP contribution in [0.5, 0.6) is 5.75 Å². The highest BCUT2D eigenvalue weighted by Gasteiger charge is 2.24. The molecule has 3 rings (SSSR count). The Morgan fingerprint density at radius 3 is 2.33 bits per heavy atom. The summed E-state index contributed by atoms with van der Waals surface area (Å²) in [5.41, 5.74) is 0.299. The van der Waals surface area contributed by atoms with Crippen LogP contribution in [0.3, 0.4) is 0 Å². The van der Waals surface area contributed by atoms with Crippen LogP contribution in [-0.2, 0) is 4.79 Å². The molecule has 5 nitrogen and oxygen atoms in total. The van der Waals surface area contributed by atoms with Crippen molar-refractivity contribution in [2.75, 3.05) is 32.8 Å². The minimum Gasteiger partial charge on any atom is -0.490 e. The first kappa shape index (κ1) is 18.8. The fraction of sp³-hybridized carbons (Fsp3) is 0.300. The van der Waals surface area contributed by atoms with E-state index < -0.39 is 11.6 Å². The highest BCUT2D eigenvalue weighted by molar-refractivity contribution is 5.94. The SMILES string of the molecule is O=C(CCOc1ccccc1F)N1CCN(C(=O)c2cccc(F)c2)CC1. The van der Waals surface area contributed by atoms with E-state index in [0.29, 0.717) is 31.7 Å². The molecule has 2 aromatic carbocycles. The number of amides is 2. The zero-order chi connectivity index (χ0) is 19.2. The molecule has 0 aliphatic carbocycles. The molecule has 1 heterocycles. The molecular formula is C20H20F2N2O3. The summed E-state index contributed by atoms with van der Waals surface area (Å²) in [6, 6.07) is 11.6. The fourth-order valence-electron chi connectivity index (χ4n) is 2.93. The van der Waals surface area contributed by atoms with Crippen LogP contribution in [0.25, 0.3) is 0 Å². The van der Waals surface area contributed by atoms with E-state index in [2.05, 4.69) is 0 Å². The number of ether oxygens (including phenoxy) is 1. The Morgan fingerprint density at radius 1 is 0.926 bits per heavy atom. The van der Waals surface area contributed by atoms with E-state index >= 15 is 0 Å². The lowest BCUT2D eigenvalue weighted by atomic mass is 10.1. The molecule has 7 heteroatoms. The zero-order valence-corrected chi connectivity index (χ0v) is 14.7. The van der Waals surface area contributed by atoms with Gasteiger partial charge in [0.1, 0.15) is 5.82 Å². The smallest absolute Gasteiger partial charge is 0.254 e. The molecule has 0 atom stereocenters. The van der Waals surface area contributed by atoms with Crippen LogP contribution < -0.4 is 4.74 Å². The molecule has 2 amide bonds. The molecule has 0 radical (unpaired) electrons. The van der Waals surface area contributed by atoms with Crippen LogP contribution >= 0.6 is 0 Å². The van der Waals surface area contributed by atoms with Gasteiger partial charge in [0, 0.05) is 31.7 Å². The molecule has 0 spiro atoms. The Morgan fingerprint density at radius 2 is 1.63 bits per heavy atom. The Hall–Kier alpha value is -2.96. The fourth-order valence-corrected chi connectivity index (χ4v) is 2.93. The molecule has 0 saturated carbocycles. The van der Waals surface area contributed by atoms with Crippen molar-refractivity contribution in [1.29, 1.82) is 0 Å². The molecule has 0 bridgehead atoms. The molecule has 27 heavy (non-hydrogen) atoms. The molecule has 0 aromatic heterocycles. The topological polar surface area (TPSA) is 49.9 Å². The standard InChI is InChI=1S/C20H20F2N2O3/c21-16-5-3-4-15(14-16)20(26)24-11-9-23(10-12-24)19(25)8-13-27-18-7-2-1-6-17(18)22/h1-7,14H,8-13H2. The Kier molecular flexibility index (Phi) is 6.01. The van der Waals surface area contributed by atoms with E-state index in [4.69, 9.17) is 4.74 Å². The summed E-state index contributed by atoms with van der Waals surface area (Å²) in [5, 5.41) is 0. The molecule has 1 aliphatic rings. The van der Waals surface area contributed by atoms with E-state index in [-0.39, 0.29) is 30.6 Å². The third-order valence-corrected chi connectivity index (χ3v) is 4.40. The molecule has 142 valence electrons. The minimum absolute atomic E-state index is 0.0855. The molecule has 1 aliphatic heterocycles. The van der Waals surface area contributed by atoms with Gasteiger partial charge in [0.2, 0.25) is 5.91 Å². The van der Waals surface area contributed by atoms with E-state index in [0.717, 1.165) is 0 Å². The molecule has 0 unspecified atom stereocenters. The number of halogens is 2. The lowest BCUT2D eigenvalue weighted by Gasteiger charge is -2.34. The number of benzene rings is 2. The third-order valence-electron chi connectivity index (χ3n) is 4.40. The van der Waals surface area contributed by atoms with Crippen molar-refractivity contribution in [1.82, 2.24) is 9.80 Å². The number of hydrogen-bond acceptors (Lipinski definition) is 3. The largest absolute Gasteiger partial charge is 0.490 e. The first-order valence-corrected chi connectivity index (χ1v) is 8.74. The highest BCUT2D eigenvalue weighted by atomic mass is 19.1. The number of carbonyl (C=O) groups is 2. The van der Waals surface area contributed by atoms with Crippen LogP contribution in [-0.4, -0.2) is 54.4 Å². The van der Waals surface area contributed by atoms with Gasteiger partial charge in [-0.25, -0.2) is 8.78 Å². The van der Waals surface area contributed by atoms with Gasteiger partial charge in [-0.2, -0.15) is 0 Å². The van der Waals surface area contributed by atoms with Crippen LogP contribution in [0, 0.1) is 11.6 Å². The van der Waals surface area contributed by atoms with Crippen molar-refractivity contribution < 1.29 is 23.1 Å². The second-order valence-electron chi connectivity index (χ2n) is 6.21. The van der Waals surface area contributed by atoms with E-state index in [1.54, 1.807) is 28.0 Å². The van der Waals surface area contributed by atoms with Gasteiger partial charge in [-0.1, -0.05) is 18.2 Å². The van der Waals surface area contributed by atoms with Crippen LogP contribution in [0.1, 0.15) is 16.8 Å². The maximum atomic E-state index is 13.5. The van der Waals surface area contributed by atoms with Crippen molar-refractivity contribution in [3.63, 3.8) is 0 Å². The van der Waals surface area contributed by atoms with Gasteiger partial charge in [-0.05, 0) is 30.3 Å². The van der Waals surface area contributed by atoms with Gasteiger partial charge < -0.3 is 14.5 Å². The monoisotopic (exact) mass is 374 g/mol. The van der Waals surface area contributed by atoms with Gasteiger partial charge in [-0.15, -0.1) is 0 Å². The summed E-state index contributed by atoms with van der Waals surface area (Å²) in [7, 11) is 0. The van der Waals surface area contributed by atoms with E-state index in [9.17, 15) is 18.4 Å². The summed E-state index contributed by atoms with van der Waals surface area (Å²) >= 11 is 0. The maximum Gasteiger partial charge on any atom is 0.254 e. The maximum absolute atomic E-state index is 13.5. The molecule has 1 saturated heterocycles. The van der Waals surface area contributed by atoms with Gasteiger partial charge in [0.05, 0.1) is 13.0 Å². The molecule has 1 fully saturated rings. The zero-order valence-electron chi connectivity index (χ0n) is 14.7. The van der Waals surface area contributed by atoms with Crippen molar-refractivity contribution >= 4 is 11.8 Å². The van der Waals surface area contributed by atoms with Gasteiger partial charge in [0.15, 0.2) is 11.6 Å².